The van der Waals surface area contributed by atoms with E-state index in [4.69, 9.17) is 0 Å². The summed E-state index contributed by atoms with van der Waals surface area (Å²) >= 11 is 0. The molecule has 0 saturated carbocycles. The highest BCUT2D eigenvalue weighted by molar-refractivity contribution is 5.07. The molecule has 0 amide bonds. The summed E-state index contributed by atoms with van der Waals surface area (Å²) in [6, 6.07) is 0. The number of nitrogens with one attached hydrogen (secondary N) is 1. The molecule has 0 bridgehead atoms. The van der Waals surface area contributed by atoms with Gasteiger partial charge < -0.3 is 5.32 Å². The molecule has 1 atom stereocenters. The highest BCUT2D eigenvalue weighted by Gasteiger charge is 2.50. The summed E-state index contributed by atoms with van der Waals surface area (Å²) in [6.45, 7) is 12.1. The topological polar surface area (TPSA) is 15.3 Å². The van der Waals surface area contributed by atoms with Gasteiger partial charge in [0.25, 0.3) is 0 Å². The van der Waals surface area contributed by atoms with Crippen LogP contribution < -0.4 is 5.32 Å². The smallest absolute Gasteiger partial charge is 0.0383 e. The summed E-state index contributed by atoms with van der Waals surface area (Å²) in [4.78, 5) is 2.71. The summed E-state index contributed by atoms with van der Waals surface area (Å²) in [5, 5.41) is 3.56. The molecule has 0 aromatic heterocycles. The second kappa shape index (κ2) is 2.96. The maximum atomic E-state index is 3.56. The van der Waals surface area contributed by atoms with Crippen LogP contribution >= 0.6 is 0 Å². The Kier molecular flexibility index (Phi) is 2.16. The lowest BCUT2D eigenvalue weighted by Gasteiger charge is -2.51. The van der Waals surface area contributed by atoms with Crippen molar-refractivity contribution < 1.29 is 0 Å². The van der Waals surface area contributed by atoms with Gasteiger partial charge in [-0.3, -0.25) is 4.90 Å². The van der Waals surface area contributed by atoms with Crippen molar-refractivity contribution in [3.63, 3.8) is 0 Å². The molecule has 13 heavy (non-hydrogen) atoms. The van der Waals surface area contributed by atoms with Crippen LogP contribution in [0, 0.1) is 5.41 Å². The number of rotatable bonds is 0. The van der Waals surface area contributed by atoms with Gasteiger partial charge in [-0.15, -0.1) is 0 Å². The zero-order valence-electron chi connectivity index (χ0n) is 9.19. The Morgan fingerprint density at radius 3 is 2.62 bits per heavy atom. The molecule has 2 heteroatoms. The van der Waals surface area contributed by atoms with Crippen LogP contribution in [-0.4, -0.2) is 36.6 Å². The Labute approximate surface area is 81.7 Å². The number of piperazine rings is 1. The van der Waals surface area contributed by atoms with Crippen LogP contribution in [0.5, 0.6) is 0 Å². The number of hydrogen-bond acceptors (Lipinski definition) is 2. The Morgan fingerprint density at radius 2 is 2.00 bits per heavy atom. The first-order valence-corrected chi connectivity index (χ1v) is 5.52. The van der Waals surface area contributed by atoms with Gasteiger partial charge in [0.1, 0.15) is 0 Å². The fraction of sp³-hybridized carbons (Fsp3) is 1.00. The van der Waals surface area contributed by atoms with Crippen molar-refractivity contribution in [1.82, 2.24) is 10.2 Å². The van der Waals surface area contributed by atoms with E-state index in [1.54, 1.807) is 0 Å². The van der Waals surface area contributed by atoms with Gasteiger partial charge in [0.05, 0.1) is 0 Å². The lowest BCUT2D eigenvalue weighted by Crippen LogP contribution is -2.64. The molecular formula is C11H22N2. The van der Waals surface area contributed by atoms with Crippen molar-refractivity contribution in [1.29, 1.82) is 0 Å². The largest absolute Gasteiger partial charge is 0.314 e. The van der Waals surface area contributed by atoms with Crippen LogP contribution in [0.4, 0.5) is 0 Å². The van der Waals surface area contributed by atoms with Crippen molar-refractivity contribution in [2.75, 3.05) is 26.2 Å². The first-order chi connectivity index (χ1) is 6.06. The van der Waals surface area contributed by atoms with E-state index in [0.717, 1.165) is 0 Å². The monoisotopic (exact) mass is 182 g/mol. The highest BCUT2D eigenvalue weighted by Crippen LogP contribution is 2.43. The molecule has 2 fully saturated rings. The standard InChI is InChI=1S/C11H22N2/c1-10(2,3)11-5-4-7-13(11)8-6-12-9-11/h12H,4-9H2,1-3H3. The summed E-state index contributed by atoms with van der Waals surface area (Å²) in [5.74, 6) is 0. The van der Waals surface area contributed by atoms with Gasteiger partial charge >= 0.3 is 0 Å². The third-order valence-electron chi connectivity index (χ3n) is 4.00. The molecule has 2 nitrogen and oxygen atoms in total. The van der Waals surface area contributed by atoms with Crippen molar-refractivity contribution in [3.8, 4) is 0 Å². The Hall–Kier alpha value is -0.0800. The third-order valence-corrected chi connectivity index (χ3v) is 4.00. The van der Waals surface area contributed by atoms with E-state index >= 15 is 0 Å². The molecule has 2 rings (SSSR count). The van der Waals surface area contributed by atoms with Crippen LogP contribution in [0.15, 0.2) is 0 Å². The minimum absolute atomic E-state index is 0.414. The average Bonchev–Trinajstić information content (AvgIpc) is 2.46. The fourth-order valence-corrected chi connectivity index (χ4v) is 3.08. The summed E-state index contributed by atoms with van der Waals surface area (Å²) in [6.07, 6.45) is 2.77. The molecule has 76 valence electrons. The molecule has 0 radical (unpaired) electrons. The lowest BCUT2D eigenvalue weighted by atomic mass is 9.71. The number of fused-ring (bicyclic) bond motifs is 1. The SMILES string of the molecule is CC(C)(C)C12CCCN1CCNC2. The van der Waals surface area contributed by atoms with Crippen LogP contribution in [0.2, 0.25) is 0 Å². The minimum atomic E-state index is 0.414. The zero-order chi connectivity index (χ0) is 9.53. The molecule has 1 N–H and O–H groups in total. The van der Waals surface area contributed by atoms with Gasteiger partial charge in [0, 0.05) is 25.2 Å². The van der Waals surface area contributed by atoms with Crippen molar-refractivity contribution in [3.05, 3.63) is 0 Å². The van der Waals surface area contributed by atoms with E-state index in [1.807, 2.05) is 0 Å². The molecule has 2 aliphatic heterocycles. The lowest BCUT2D eigenvalue weighted by molar-refractivity contribution is 0.00742. The number of hydrogen-bond donors (Lipinski definition) is 1. The predicted octanol–water partition coefficient (Wildman–Crippen LogP) is 1.47. The first-order valence-electron chi connectivity index (χ1n) is 5.52. The van der Waals surface area contributed by atoms with Gasteiger partial charge in [-0.1, -0.05) is 20.8 Å². The Morgan fingerprint density at radius 1 is 1.23 bits per heavy atom. The van der Waals surface area contributed by atoms with Gasteiger partial charge in [-0.25, -0.2) is 0 Å². The molecule has 2 heterocycles. The molecule has 0 spiro atoms. The second-order valence-electron chi connectivity index (χ2n) is 5.55. The van der Waals surface area contributed by atoms with Crippen LogP contribution in [-0.2, 0) is 0 Å². The van der Waals surface area contributed by atoms with E-state index in [0.29, 0.717) is 11.0 Å². The van der Waals surface area contributed by atoms with Gasteiger partial charge in [-0.05, 0) is 24.8 Å². The van der Waals surface area contributed by atoms with Crippen LogP contribution in [0.3, 0.4) is 0 Å². The summed E-state index contributed by atoms with van der Waals surface area (Å²) < 4.78 is 0. The second-order valence-corrected chi connectivity index (χ2v) is 5.55. The van der Waals surface area contributed by atoms with Crippen molar-refractivity contribution in [2.24, 2.45) is 5.41 Å². The average molecular weight is 182 g/mol. The highest BCUT2D eigenvalue weighted by atomic mass is 15.3. The van der Waals surface area contributed by atoms with E-state index in [2.05, 4.69) is 31.0 Å². The molecular weight excluding hydrogens is 160 g/mol. The van der Waals surface area contributed by atoms with E-state index < -0.39 is 0 Å². The molecule has 0 aromatic rings. The first kappa shape index (κ1) is 9.47. The fourth-order valence-electron chi connectivity index (χ4n) is 3.08. The third kappa shape index (κ3) is 1.31. The van der Waals surface area contributed by atoms with Gasteiger partial charge in [0.15, 0.2) is 0 Å². The zero-order valence-corrected chi connectivity index (χ0v) is 9.19. The normalized spacial score (nSPS) is 36.2. The van der Waals surface area contributed by atoms with E-state index in [1.165, 1.54) is 39.0 Å². The van der Waals surface area contributed by atoms with Crippen molar-refractivity contribution in [2.45, 2.75) is 39.2 Å². The molecule has 0 aromatic carbocycles. The van der Waals surface area contributed by atoms with Crippen LogP contribution in [0.25, 0.3) is 0 Å². The predicted molar refractivity (Wildman–Crippen MR) is 55.9 cm³/mol. The molecule has 0 aliphatic carbocycles. The van der Waals surface area contributed by atoms with Crippen LogP contribution in [0.1, 0.15) is 33.6 Å². The summed E-state index contributed by atoms with van der Waals surface area (Å²) in [7, 11) is 0. The molecule has 2 aliphatic rings. The van der Waals surface area contributed by atoms with Gasteiger partial charge in [0.2, 0.25) is 0 Å². The quantitative estimate of drug-likeness (QED) is 0.610. The number of nitrogens with zero attached hydrogens (tertiary/aromatic N) is 1. The van der Waals surface area contributed by atoms with Crippen molar-refractivity contribution >= 4 is 0 Å². The maximum Gasteiger partial charge on any atom is 0.0383 e. The summed E-state index contributed by atoms with van der Waals surface area (Å²) in [5.41, 5.74) is 0.863. The maximum absolute atomic E-state index is 3.56. The Bertz CT molecular complexity index is 195. The van der Waals surface area contributed by atoms with E-state index in [9.17, 15) is 0 Å². The van der Waals surface area contributed by atoms with E-state index in [-0.39, 0.29) is 0 Å². The molecule has 2 saturated heterocycles. The van der Waals surface area contributed by atoms with Gasteiger partial charge in [-0.2, -0.15) is 0 Å². The Balaban J connectivity index is 2.26. The molecule has 1 unspecified atom stereocenters. The minimum Gasteiger partial charge on any atom is -0.314 e.